The van der Waals surface area contributed by atoms with Crippen molar-refractivity contribution >= 4 is 0 Å². The van der Waals surface area contributed by atoms with Crippen LogP contribution in [-0.4, -0.2) is 37.0 Å². The third-order valence-corrected chi connectivity index (χ3v) is 3.17. The number of aliphatic hydroxyl groups is 1. The zero-order chi connectivity index (χ0) is 9.31. The van der Waals surface area contributed by atoms with Crippen molar-refractivity contribution in [3.63, 3.8) is 0 Å². The molecule has 76 valence electrons. The lowest BCUT2D eigenvalue weighted by Gasteiger charge is -2.39. The molecule has 0 amide bonds. The van der Waals surface area contributed by atoms with Gasteiger partial charge in [-0.25, -0.2) is 0 Å². The maximum Gasteiger partial charge on any atom is 0.0693 e. The summed E-state index contributed by atoms with van der Waals surface area (Å²) in [6, 6.07) is 0.331. The summed E-state index contributed by atoms with van der Waals surface area (Å²) in [5, 5.41) is 13.0. The smallest absolute Gasteiger partial charge is 0.0693 e. The first kappa shape index (κ1) is 9.44. The summed E-state index contributed by atoms with van der Waals surface area (Å²) >= 11 is 0. The van der Waals surface area contributed by atoms with E-state index < -0.39 is 0 Å². The predicted octanol–water partition coefficient (Wildman–Crippen LogP) is 0.526. The Balaban J connectivity index is 1.72. The lowest BCUT2D eigenvalue weighted by atomic mass is 9.88. The highest BCUT2D eigenvalue weighted by molar-refractivity contribution is 4.88. The van der Waals surface area contributed by atoms with Gasteiger partial charge in [0.2, 0.25) is 0 Å². The zero-order valence-corrected chi connectivity index (χ0v) is 8.25. The molecule has 13 heavy (non-hydrogen) atoms. The molecule has 1 saturated carbocycles. The van der Waals surface area contributed by atoms with Gasteiger partial charge >= 0.3 is 0 Å². The van der Waals surface area contributed by atoms with Crippen LogP contribution in [0.15, 0.2) is 0 Å². The van der Waals surface area contributed by atoms with E-state index in [2.05, 4.69) is 12.2 Å². The minimum Gasteiger partial charge on any atom is -0.392 e. The lowest BCUT2D eigenvalue weighted by molar-refractivity contribution is -0.101. The molecule has 0 aromatic rings. The van der Waals surface area contributed by atoms with Gasteiger partial charge in [-0.2, -0.15) is 0 Å². The topological polar surface area (TPSA) is 41.5 Å². The first-order valence-electron chi connectivity index (χ1n) is 5.19. The molecule has 0 radical (unpaired) electrons. The summed E-state index contributed by atoms with van der Waals surface area (Å²) in [5.74, 6) is 0. The van der Waals surface area contributed by atoms with Crippen LogP contribution < -0.4 is 5.32 Å². The molecule has 2 fully saturated rings. The summed E-state index contributed by atoms with van der Waals surface area (Å²) in [5.41, 5.74) is 0.322. The van der Waals surface area contributed by atoms with E-state index in [1.165, 1.54) is 0 Å². The molecule has 1 heterocycles. The maximum atomic E-state index is 9.58. The van der Waals surface area contributed by atoms with Gasteiger partial charge in [0.1, 0.15) is 0 Å². The highest BCUT2D eigenvalue weighted by Gasteiger charge is 2.35. The quantitative estimate of drug-likeness (QED) is 0.674. The van der Waals surface area contributed by atoms with Gasteiger partial charge in [-0.15, -0.1) is 0 Å². The summed E-state index contributed by atoms with van der Waals surface area (Å²) in [6.45, 7) is 4.94. The Morgan fingerprint density at radius 2 is 2.23 bits per heavy atom. The molecule has 0 bridgehead atoms. The second kappa shape index (κ2) is 3.56. The van der Waals surface area contributed by atoms with E-state index in [9.17, 15) is 5.11 Å². The molecular formula is C10H19NO2. The van der Waals surface area contributed by atoms with E-state index >= 15 is 0 Å². The minimum absolute atomic E-state index is 0.121. The summed E-state index contributed by atoms with van der Waals surface area (Å²) in [7, 11) is 0. The van der Waals surface area contributed by atoms with Crippen molar-refractivity contribution in [2.24, 2.45) is 5.41 Å². The highest BCUT2D eigenvalue weighted by Crippen LogP contribution is 2.26. The number of aliphatic hydroxyl groups excluding tert-OH is 1. The van der Waals surface area contributed by atoms with Gasteiger partial charge in [0, 0.05) is 18.0 Å². The van der Waals surface area contributed by atoms with E-state index in [0.29, 0.717) is 11.5 Å². The van der Waals surface area contributed by atoms with Crippen LogP contribution in [0.5, 0.6) is 0 Å². The molecule has 2 N–H and O–H groups in total. The highest BCUT2D eigenvalue weighted by atomic mass is 16.5. The Labute approximate surface area is 79.5 Å². The number of hydrogen-bond acceptors (Lipinski definition) is 3. The fraction of sp³-hybridized carbons (Fsp3) is 1.00. The van der Waals surface area contributed by atoms with Crippen LogP contribution in [0.1, 0.15) is 26.2 Å². The predicted molar refractivity (Wildman–Crippen MR) is 50.6 cm³/mol. The van der Waals surface area contributed by atoms with Gasteiger partial charge in [0.05, 0.1) is 19.3 Å². The molecule has 2 aliphatic rings. The van der Waals surface area contributed by atoms with Gasteiger partial charge in [-0.3, -0.25) is 0 Å². The van der Waals surface area contributed by atoms with Gasteiger partial charge in [0.25, 0.3) is 0 Å². The average Bonchev–Trinajstić information content (AvgIpc) is 2.44. The SMILES string of the molecule is CC1(CNC2CCCC2O)COC1. The second-order valence-corrected chi connectivity index (χ2v) is 4.79. The van der Waals surface area contributed by atoms with Crippen LogP contribution in [-0.2, 0) is 4.74 Å². The van der Waals surface area contributed by atoms with Crippen molar-refractivity contribution in [3.8, 4) is 0 Å². The molecule has 3 nitrogen and oxygen atoms in total. The first-order chi connectivity index (χ1) is 6.20. The Morgan fingerprint density at radius 3 is 2.69 bits per heavy atom. The van der Waals surface area contributed by atoms with Crippen LogP contribution in [0.4, 0.5) is 0 Å². The first-order valence-corrected chi connectivity index (χ1v) is 5.19. The Hall–Kier alpha value is -0.120. The number of hydrogen-bond donors (Lipinski definition) is 2. The molecule has 1 aliphatic heterocycles. The van der Waals surface area contributed by atoms with Gasteiger partial charge in [-0.05, 0) is 19.3 Å². The summed E-state index contributed by atoms with van der Waals surface area (Å²) < 4.78 is 5.18. The fourth-order valence-electron chi connectivity index (χ4n) is 2.11. The minimum atomic E-state index is -0.121. The van der Waals surface area contributed by atoms with Gasteiger partial charge < -0.3 is 15.2 Å². The van der Waals surface area contributed by atoms with Crippen molar-refractivity contribution < 1.29 is 9.84 Å². The Bertz CT molecular complexity index is 180. The Morgan fingerprint density at radius 1 is 1.46 bits per heavy atom. The van der Waals surface area contributed by atoms with E-state index in [4.69, 9.17) is 4.74 Å². The third-order valence-electron chi connectivity index (χ3n) is 3.17. The van der Waals surface area contributed by atoms with Crippen LogP contribution in [0, 0.1) is 5.41 Å². The van der Waals surface area contributed by atoms with Crippen LogP contribution in [0.2, 0.25) is 0 Å². The average molecular weight is 185 g/mol. The van der Waals surface area contributed by atoms with E-state index in [1.54, 1.807) is 0 Å². The molecule has 2 atom stereocenters. The van der Waals surface area contributed by atoms with Crippen molar-refractivity contribution in [2.45, 2.75) is 38.3 Å². The maximum absolute atomic E-state index is 9.58. The largest absolute Gasteiger partial charge is 0.392 e. The molecule has 0 spiro atoms. The van der Waals surface area contributed by atoms with Crippen molar-refractivity contribution in [3.05, 3.63) is 0 Å². The standard InChI is InChI=1S/C10H19NO2/c1-10(6-13-7-10)5-11-8-3-2-4-9(8)12/h8-9,11-12H,2-7H2,1H3. The second-order valence-electron chi connectivity index (χ2n) is 4.79. The molecule has 0 aromatic heterocycles. The van der Waals surface area contributed by atoms with Crippen molar-refractivity contribution in [1.82, 2.24) is 5.32 Å². The molecular weight excluding hydrogens is 166 g/mol. The summed E-state index contributed by atoms with van der Waals surface area (Å²) in [4.78, 5) is 0. The third kappa shape index (κ3) is 2.03. The van der Waals surface area contributed by atoms with Crippen LogP contribution >= 0.6 is 0 Å². The zero-order valence-electron chi connectivity index (χ0n) is 8.25. The lowest BCUT2D eigenvalue weighted by Crippen LogP contribution is -2.50. The number of rotatable bonds is 3. The molecule has 2 rings (SSSR count). The van der Waals surface area contributed by atoms with Crippen molar-refractivity contribution in [1.29, 1.82) is 0 Å². The molecule has 1 aliphatic carbocycles. The van der Waals surface area contributed by atoms with Crippen molar-refractivity contribution in [2.75, 3.05) is 19.8 Å². The van der Waals surface area contributed by atoms with E-state index in [0.717, 1.165) is 39.0 Å². The molecule has 2 unspecified atom stereocenters. The molecule has 1 saturated heterocycles. The van der Waals surface area contributed by atoms with Crippen LogP contribution in [0.3, 0.4) is 0 Å². The normalized spacial score (nSPS) is 37.4. The fourth-order valence-corrected chi connectivity index (χ4v) is 2.11. The van der Waals surface area contributed by atoms with E-state index in [-0.39, 0.29) is 6.10 Å². The molecule has 3 heteroatoms. The van der Waals surface area contributed by atoms with Gasteiger partial charge in [-0.1, -0.05) is 6.92 Å². The monoisotopic (exact) mass is 185 g/mol. The van der Waals surface area contributed by atoms with Crippen LogP contribution in [0.25, 0.3) is 0 Å². The van der Waals surface area contributed by atoms with Gasteiger partial charge in [0.15, 0.2) is 0 Å². The van der Waals surface area contributed by atoms with E-state index in [1.807, 2.05) is 0 Å². The number of ether oxygens (including phenoxy) is 1. The molecule has 0 aromatic carbocycles. The number of nitrogens with one attached hydrogen (secondary N) is 1. The Kier molecular flexibility index (Phi) is 2.58. The summed E-state index contributed by atoms with van der Waals surface area (Å²) in [6.07, 6.45) is 3.12.